The molecule has 3 nitrogen and oxygen atoms in total. The van der Waals surface area contributed by atoms with E-state index in [1.54, 1.807) is 25.4 Å². The average Bonchev–Trinajstić information content (AvgIpc) is 2.06. The average molecular weight is 166 g/mol. The Labute approximate surface area is 72.5 Å². The van der Waals surface area contributed by atoms with E-state index in [1.165, 1.54) is 0 Å². The molecule has 0 saturated carbocycles. The van der Waals surface area contributed by atoms with Gasteiger partial charge in [-0.05, 0) is 18.9 Å². The molecule has 1 aromatic heterocycles. The number of hydrogen-bond acceptors (Lipinski definition) is 3. The molecule has 2 unspecified atom stereocenters. The molecule has 0 radical (unpaired) electrons. The van der Waals surface area contributed by atoms with E-state index < -0.39 is 0 Å². The van der Waals surface area contributed by atoms with Crippen molar-refractivity contribution in [2.75, 3.05) is 0 Å². The van der Waals surface area contributed by atoms with E-state index in [4.69, 9.17) is 0 Å². The number of hydrogen-bond donors (Lipinski definition) is 1. The molecule has 0 aliphatic rings. The van der Waals surface area contributed by atoms with Gasteiger partial charge >= 0.3 is 0 Å². The second kappa shape index (κ2) is 4.16. The summed E-state index contributed by atoms with van der Waals surface area (Å²) in [5.41, 5.74) is 0. The highest BCUT2D eigenvalue weighted by molar-refractivity contribution is 4.90. The van der Waals surface area contributed by atoms with Crippen molar-refractivity contribution in [3.8, 4) is 0 Å². The van der Waals surface area contributed by atoms with Crippen LogP contribution in [0.5, 0.6) is 0 Å². The predicted octanol–water partition coefficient (Wildman–Crippen LogP) is 1.04. The van der Waals surface area contributed by atoms with Crippen LogP contribution in [-0.2, 0) is 6.42 Å². The van der Waals surface area contributed by atoms with E-state index in [2.05, 4.69) is 9.97 Å². The molecule has 0 spiro atoms. The van der Waals surface area contributed by atoms with Crippen molar-refractivity contribution in [1.82, 2.24) is 9.97 Å². The highest BCUT2D eigenvalue weighted by atomic mass is 16.3. The van der Waals surface area contributed by atoms with E-state index >= 15 is 0 Å². The lowest BCUT2D eigenvalue weighted by atomic mass is 10.0. The fourth-order valence-corrected chi connectivity index (χ4v) is 0.894. The topological polar surface area (TPSA) is 46.0 Å². The van der Waals surface area contributed by atoms with Crippen LogP contribution < -0.4 is 0 Å². The quantitative estimate of drug-likeness (QED) is 0.729. The molecule has 3 heteroatoms. The highest BCUT2D eigenvalue weighted by Crippen LogP contribution is 2.07. The first-order valence-electron chi connectivity index (χ1n) is 4.14. The second-order valence-electron chi connectivity index (χ2n) is 3.09. The maximum atomic E-state index is 9.23. The summed E-state index contributed by atoms with van der Waals surface area (Å²) in [6.45, 7) is 3.77. The molecule has 0 aromatic carbocycles. The fraction of sp³-hybridized carbons (Fsp3) is 0.556. The van der Waals surface area contributed by atoms with Crippen molar-refractivity contribution in [3.05, 3.63) is 24.3 Å². The first-order chi connectivity index (χ1) is 5.70. The number of rotatable bonds is 3. The van der Waals surface area contributed by atoms with Crippen LogP contribution in [0.1, 0.15) is 19.7 Å². The van der Waals surface area contributed by atoms with Crippen LogP contribution in [0.15, 0.2) is 18.5 Å². The van der Waals surface area contributed by atoms with Gasteiger partial charge < -0.3 is 5.11 Å². The van der Waals surface area contributed by atoms with E-state index in [-0.39, 0.29) is 12.0 Å². The largest absolute Gasteiger partial charge is 0.393 e. The molecule has 0 aliphatic carbocycles. The molecular weight excluding hydrogens is 152 g/mol. The van der Waals surface area contributed by atoms with Gasteiger partial charge in [-0.2, -0.15) is 0 Å². The molecule has 0 saturated heterocycles. The molecule has 1 heterocycles. The first-order valence-corrected chi connectivity index (χ1v) is 4.14. The van der Waals surface area contributed by atoms with Crippen molar-refractivity contribution < 1.29 is 5.11 Å². The predicted molar refractivity (Wildman–Crippen MR) is 46.6 cm³/mol. The summed E-state index contributed by atoms with van der Waals surface area (Å²) < 4.78 is 0. The molecule has 0 aliphatic heterocycles. The van der Waals surface area contributed by atoms with Crippen LogP contribution in [0, 0.1) is 5.92 Å². The van der Waals surface area contributed by atoms with Crippen molar-refractivity contribution in [2.24, 2.45) is 5.92 Å². The summed E-state index contributed by atoms with van der Waals surface area (Å²) in [6, 6.07) is 1.79. The summed E-state index contributed by atoms with van der Waals surface area (Å²) in [5, 5.41) is 9.23. The van der Waals surface area contributed by atoms with E-state index in [0.29, 0.717) is 0 Å². The van der Waals surface area contributed by atoms with Gasteiger partial charge in [0.05, 0.1) is 6.10 Å². The lowest BCUT2D eigenvalue weighted by Gasteiger charge is -2.12. The van der Waals surface area contributed by atoms with Crippen LogP contribution >= 0.6 is 0 Å². The lowest BCUT2D eigenvalue weighted by Crippen LogP contribution is -2.16. The van der Waals surface area contributed by atoms with Crippen LogP contribution in [0.3, 0.4) is 0 Å². The highest BCUT2D eigenvalue weighted by Gasteiger charge is 2.10. The van der Waals surface area contributed by atoms with Crippen molar-refractivity contribution in [2.45, 2.75) is 26.4 Å². The molecule has 0 amide bonds. The normalized spacial score (nSPS) is 15.6. The number of nitrogens with zero attached hydrogens (tertiary/aromatic N) is 2. The van der Waals surface area contributed by atoms with Gasteiger partial charge in [0, 0.05) is 18.8 Å². The standard InChI is InChI=1S/C9H14N2O/c1-7(8(2)12)6-9-10-4-3-5-11-9/h3-5,7-8,12H,6H2,1-2H3. The Bertz CT molecular complexity index is 223. The number of aromatic nitrogens is 2. The van der Waals surface area contributed by atoms with E-state index in [1.807, 2.05) is 6.92 Å². The van der Waals surface area contributed by atoms with Gasteiger partial charge in [0.15, 0.2) is 0 Å². The Hall–Kier alpha value is -0.960. The summed E-state index contributed by atoms with van der Waals surface area (Å²) in [5.74, 6) is 1.01. The van der Waals surface area contributed by atoms with Gasteiger partial charge in [-0.3, -0.25) is 0 Å². The fourth-order valence-electron chi connectivity index (χ4n) is 0.894. The van der Waals surface area contributed by atoms with Crippen LogP contribution in [0.4, 0.5) is 0 Å². The Balaban J connectivity index is 2.53. The Morgan fingerprint density at radius 2 is 1.92 bits per heavy atom. The van der Waals surface area contributed by atoms with Gasteiger partial charge in [-0.25, -0.2) is 9.97 Å². The maximum Gasteiger partial charge on any atom is 0.128 e. The molecular formula is C9H14N2O. The summed E-state index contributed by atoms with van der Waals surface area (Å²) >= 11 is 0. The molecule has 0 bridgehead atoms. The summed E-state index contributed by atoms with van der Waals surface area (Å²) in [6.07, 6.45) is 3.88. The monoisotopic (exact) mass is 166 g/mol. The Morgan fingerprint density at radius 1 is 1.33 bits per heavy atom. The Kier molecular flexibility index (Phi) is 3.17. The first kappa shape index (κ1) is 9.13. The minimum absolute atomic E-state index is 0.215. The molecule has 1 N–H and O–H groups in total. The van der Waals surface area contributed by atoms with Crippen LogP contribution in [-0.4, -0.2) is 21.2 Å². The third-order valence-corrected chi connectivity index (χ3v) is 1.95. The third kappa shape index (κ3) is 2.58. The maximum absolute atomic E-state index is 9.23. The van der Waals surface area contributed by atoms with Crippen molar-refractivity contribution >= 4 is 0 Å². The lowest BCUT2D eigenvalue weighted by molar-refractivity contribution is 0.134. The van der Waals surface area contributed by atoms with Gasteiger partial charge in [-0.15, -0.1) is 0 Å². The molecule has 1 aromatic rings. The minimum atomic E-state index is -0.297. The zero-order valence-electron chi connectivity index (χ0n) is 7.44. The van der Waals surface area contributed by atoms with Crippen molar-refractivity contribution in [3.63, 3.8) is 0 Å². The zero-order valence-corrected chi connectivity index (χ0v) is 7.44. The molecule has 2 atom stereocenters. The Morgan fingerprint density at radius 3 is 2.42 bits per heavy atom. The zero-order chi connectivity index (χ0) is 8.97. The molecule has 66 valence electrons. The minimum Gasteiger partial charge on any atom is -0.393 e. The second-order valence-corrected chi connectivity index (χ2v) is 3.09. The van der Waals surface area contributed by atoms with Gasteiger partial charge in [0.2, 0.25) is 0 Å². The SMILES string of the molecule is CC(O)C(C)Cc1ncccn1. The molecule has 1 rings (SSSR count). The van der Waals surface area contributed by atoms with Crippen molar-refractivity contribution in [1.29, 1.82) is 0 Å². The van der Waals surface area contributed by atoms with Gasteiger partial charge in [0.25, 0.3) is 0 Å². The number of aliphatic hydroxyl groups excluding tert-OH is 1. The molecule has 12 heavy (non-hydrogen) atoms. The van der Waals surface area contributed by atoms with E-state index in [9.17, 15) is 5.11 Å². The summed E-state index contributed by atoms with van der Waals surface area (Å²) in [7, 11) is 0. The van der Waals surface area contributed by atoms with Gasteiger partial charge in [-0.1, -0.05) is 6.92 Å². The summed E-state index contributed by atoms with van der Waals surface area (Å²) in [4.78, 5) is 8.16. The third-order valence-electron chi connectivity index (χ3n) is 1.95. The van der Waals surface area contributed by atoms with Gasteiger partial charge in [0.1, 0.15) is 5.82 Å². The number of aliphatic hydroxyl groups is 1. The molecule has 0 fully saturated rings. The van der Waals surface area contributed by atoms with Crippen LogP contribution in [0.25, 0.3) is 0 Å². The van der Waals surface area contributed by atoms with Crippen LogP contribution in [0.2, 0.25) is 0 Å². The van der Waals surface area contributed by atoms with E-state index in [0.717, 1.165) is 12.2 Å². The smallest absolute Gasteiger partial charge is 0.128 e.